The lowest BCUT2D eigenvalue weighted by Gasteiger charge is -2.39. The Hall–Kier alpha value is -3.76. The summed E-state index contributed by atoms with van der Waals surface area (Å²) >= 11 is 0. The zero-order chi connectivity index (χ0) is 24.9. The summed E-state index contributed by atoms with van der Waals surface area (Å²) in [4.78, 5) is 30.2. The quantitative estimate of drug-likeness (QED) is 0.550. The minimum Gasteiger partial charge on any atom is -0.496 e. The molecule has 2 fully saturated rings. The number of benzene rings is 1. The molecule has 35 heavy (non-hydrogen) atoms. The second-order valence-electron chi connectivity index (χ2n) is 8.75. The summed E-state index contributed by atoms with van der Waals surface area (Å²) in [5, 5.41) is 2.75. The molecule has 0 radical (unpaired) electrons. The van der Waals surface area contributed by atoms with Gasteiger partial charge in [-0.25, -0.2) is 9.37 Å². The first-order chi connectivity index (χ1) is 16.7. The molecule has 2 amide bonds. The monoisotopic (exact) mass is 488 g/mol. The molecule has 2 aliphatic rings. The molecule has 3 aromatic rings. The highest BCUT2D eigenvalue weighted by Gasteiger charge is 2.33. The number of methoxy groups -OCH3 is 1. The highest BCUT2D eigenvalue weighted by Crippen LogP contribution is 2.38. The summed E-state index contributed by atoms with van der Waals surface area (Å²) < 4.78 is 53.0. The number of fused-ring (bicyclic) bond motifs is 1. The van der Waals surface area contributed by atoms with Crippen LogP contribution in [0, 0.1) is 5.82 Å². The van der Waals surface area contributed by atoms with E-state index in [4.69, 9.17) is 4.74 Å². The summed E-state index contributed by atoms with van der Waals surface area (Å²) in [5.74, 6) is -1.53. The van der Waals surface area contributed by atoms with E-state index < -0.39 is 18.3 Å². The van der Waals surface area contributed by atoms with Crippen molar-refractivity contribution in [3.63, 3.8) is 0 Å². The zero-order valence-corrected chi connectivity index (χ0v) is 19.1. The maximum atomic E-state index is 15.0. The van der Waals surface area contributed by atoms with Crippen LogP contribution < -0.4 is 14.8 Å². The molecule has 0 atom stereocenters. The van der Waals surface area contributed by atoms with E-state index in [-0.39, 0.29) is 34.9 Å². The van der Waals surface area contributed by atoms with Crippen LogP contribution in [0.2, 0.25) is 0 Å². The number of alkyl halides is 2. The number of ether oxygens (including phenoxy) is 2. The summed E-state index contributed by atoms with van der Waals surface area (Å²) in [6, 6.07) is 4.42. The van der Waals surface area contributed by atoms with Crippen molar-refractivity contribution < 1.29 is 32.2 Å². The number of aromatic nitrogens is 2. The third kappa shape index (κ3) is 4.38. The Labute approximate surface area is 198 Å². The standard InChI is InChI=1S/C24H23F3N4O4/c1-12(32)30-9-14(10-30)16-7-21-28-8-18(31(21)11-17(16)25)13-5-19(34-2)22(20(6-13)35-24(26)27)23(33)29-15-3-4-15/h5-8,11,14-15,24H,3-4,9-10H2,1-2H3,(H,29,33). The highest BCUT2D eigenvalue weighted by molar-refractivity contribution is 6.01. The summed E-state index contributed by atoms with van der Waals surface area (Å²) in [5.41, 5.74) is 1.52. The summed E-state index contributed by atoms with van der Waals surface area (Å²) in [6.45, 7) is -0.822. The van der Waals surface area contributed by atoms with Gasteiger partial charge in [-0.2, -0.15) is 8.78 Å². The number of nitrogens with zero attached hydrogens (tertiary/aromatic N) is 3. The molecule has 1 aliphatic heterocycles. The molecule has 1 aromatic carbocycles. The van der Waals surface area contributed by atoms with Crippen molar-refractivity contribution in [3.05, 3.63) is 47.5 Å². The lowest BCUT2D eigenvalue weighted by atomic mass is 9.91. The molecular formula is C24H23F3N4O4. The van der Waals surface area contributed by atoms with Gasteiger partial charge in [0.15, 0.2) is 0 Å². The van der Waals surface area contributed by atoms with Crippen LogP contribution in [0.4, 0.5) is 13.2 Å². The second-order valence-corrected chi connectivity index (χ2v) is 8.75. The Balaban J connectivity index is 1.54. The average Bonchev–Trinajstić information content (AvgIpc) is 3.48. The fourth-order valence-corrected chi connectivity index (χ4v) is 4.27. The van der Waals surface area contributed by atoms with Crippen molar-refractivity contribution in [3.8, 4) is 22.8 Å². The predicted octanol–water partition coefficient (Wildman–Crippen LogP) is 3.59. The highest BCUT2D eigenvalue weighted by atomic mass is 19.3. The van der Waals surface area contributed by atoms with E-state index in [1.807, 2.05) is 0 Å². The Morgan fingerprint density at radius 3 is 2.51 bits per heavy atom. The van der Waals surface area contributed by atoms with E-state index in [1.165, 1.54) is 43.0 Å². The van der Waals surface area contributed by atoms with E-state index in [0.29, 0.717) is 35.6 Å². The van der Waals surface area contributed by atoms with Gasteiger partial charge in [-0.3, -0.25) is 14.0 Å². The smallest absolute Gasteiger partial charge is 0.387 e. The maximum Gasteiger partial charge on any atom is 0.387 e. The van der Waals surface area contributed by atoms with Crippen LogP contribution in [0.5, 0.6) is 11.5 Å². The lowest BCUT2D eigenvalue weighted by Crippen LogP contribution is -2.47. The van der Waals surface area contributed by atoms with Crippen LogP contribution in [-0.2, 0) is 4.79 Å². The van der Waals surface area contributed by atoms with E-state index in [2.05, 4.69) is 15.0 Å². The van der Waals surface area contributed by atoms with Gasteiger partial charge in [0.1, 0.15) is 28.5 Å². The van der Waals surface area contributed by atoms with Crippen LogP contribution in [0.3, 0.4) is 0 Å². The number of hydrogen-bond acceptors (Lipinski definition) is 5. The Morgan fingerprint density at radius 2 is 1.89 bits per heavy atom. The van der Waals surface area contributed by atoms with Crippen LogP contribution in [0.25, 0.3) is 16.9 Å². The van der Waals surface area contributed by atoms with Gasteiger partial charge < -0.3 is 19.7 Å². The minimum atomic E-state index is -3.17. The molecule has 8 nitrogen and oxygen atoms in total. The first-order valence-corrected chi connectivity index (χ1v) is 11.1. The average molecular weight is 488 g/mol. The number of carbonyl (C=O) groups excluding carboxylic acids is 2. The van der Waals surface area contributed by atoms with Gasteiger partial charge in [0.2, 0.25) is 5.91 Å². The number of pyridine rings is 1. The molecule has 0 bridgehead atoms. The number of hydrogen-bond donors (Lipinski definition) is 1. The number of amides is 2. The largest absolute Gasteiger partial charge is 0.496 e. The Bertz CT molecular complexity index is 1320. The van der Waals surface area contributed by atoms with Crippen molar-refractivity contribution in [2.45, 2.75) is 38.3 Å². The topological polar surface area (TPSA) is 85.2 Å². The van der Waals surface area contributed by atoms with Crippen molar-refractivity contribution >= 4 is 17.5 Å². The zero-order valence-electron chi connectivity index (χ0n) is 19.1. The number of nitrogens with one attached hydrogen (secondary N) is 1. The number of likely N-dealkylation sites (tertiary alicyclic amines) is 1. The first kappa shape index (κ1) is 23.0. The van der Waals surface area contributed by atoms with Crippen LogP contribution in [0.15, 0.2) is 30.6 Å². The Kier molecular flexibility index (Phi) is 5.78. The van der Waals surface area contributed by atoms with Gasteiger partial charge in [-0.1, -0.05) is 0 Å². The summed E-state index contributed by atoms with van der Waals surface area (Å²) in [7, 11) is 1.32. The SMILES string of the molecule is COc1cc(-c2cnc3cc(C4CN(C(C)=O)C4)c(F)cn23)cc(OC(F)F)c1C(=O)NC1CC1. The number of halogens is 3. The van der Waals surface area contributed by atoms with Crippen LogP contribution in [-0.4, -0.2) is 59.0 Å². The molecule has 1 saturated carbocycles. The predicted molar refractivity (Wildman–Crippen MR) is 119 cm³/mol. The fourth-order valence-electron chi connectivity index (χ4n) is 4.27. The molecule has 2 aromatic heterocycles. The molecular weight excluding hydrogens is 465 g/mol. The Morgan fingerprint density at radius 1 is 1.17 bits per heavy atom. The second kappa shape index (κ2) is 8.79. The lowest BCUT2D eigenvalue weighted by molar-refractivity contribution is -0.133. The molecule has 0 spiro atoms. The van der Waals surface area contributed by atoms with Crippen LogP contribution in [0.1, 0.15) is 41.6 Å². The van der Waals surface area contributed by atoms with E-state index in [0.717, 1.165) is 12.8 Å². The third-order valence-electron chi connectivity index (χ3n) is 6.33. The van der Waals surface area contributed by atoms with Crippen LogP contribution >= 0.6 is 0 Å². The van der Waals surface area contributed by atoms with E-state index >= 15 is 4.39 Å². The number of rotatable bonds is 7. The molecule has 184 valence electrons. The molecule has 0 unspecified atom stereocenters. The normalized spacial score (nSPS) is 15.9. The van der Waals surface area contributed by atoms with Crippen molar-refractivity contribution in [1.29, 1.82) is 0 Å². The van der Waals surface area contributed by atoms with E-state index in [1.54, 1.807) is 11.0 Å². The molecule has 11 heteroatoms. The van der Waals surface area contributed by atoms with Crippen molar-refractivity contribution in [2.24, 2.45) is 0 Å². The third-order valence-corrected chi connectivity index (χ3v) is 6.33. The summed E-state index contributed by atoms with van der Waals surface area (Å²) in [6.07, 6.45) is 4.39. The molecule has 3 heterocycles. The molecule has 1 N–H and O–H groups in total. The van der Waals surface area contributed by atoms with Crippen molar-refractivity contribution in [2.75, 3.05) is 20.2 Å². The van der Waals surface area contributed by atoms with Gasteiger partial charge in [0.05, 0.1) is 19.0 Å². The van der Waals surface area contributed by atoms with Gasteiger partial charge in [0, 0.05) is 43.7 Å². The minimum absolute atomic E-state index is 0.000389. The molecule has 5 rings (SSSR count). The first-order valence-electron chi connectivity index (χ1n) is 11.1. The molecule has 1 aliphatic carbocycles. The number of carbonyl (C=O) groups is 2. The van der Waals surface area contributed by atoms with Gasteiger partial charge >= 0.3 is 6.61 Å². The maximum absolute atomic E-state index is 15.0. The van der Waals surface area contributed by atoms with E-state index in [9.17, 15) is 18.4 Å². The molecule has 1 saturated heterocycles. The van der Waals surface area contributed by atoms with Crippen molar-refractivity contribution in [1.82, 2.24) is 19.6 Å². The van der Waals surface area contributed by atoms with Gasteiger partial charge in [0.25, 0.3) is 5.91 Å². The fraction of sp³-hybridized carbons (Fsp3) is 0.375. The van der Waals surface area contributed by atoms with Gasteiger partial charge in [-0.15, -0.1) is 0 Å². The van der Waals surface area contributed by atoms with Gasteiger partial charge in [-0.05, 0) is 36.6 Å². The number of imidazole rings is 1.